The van der Waals surface area contributed by atoms with Gasteiger partial charge in [-0.15, -0.1) is 0 Å². The maximum absolute atomic E-state index is 12.3. The molecule has 3 heterocycles. The molecule has 114 valence electrons. The largest absolute Gasteiger partial charge is 0.363 e. The molecule has 0 radical (unpaired) electrons. The van der Waals surface area contributed by atoms with Gasteiger partial charge in [-0.05, 0) is 51.9 Å². The van der Waals surface area contributed by atoms with E-state index in [1.807, 2.05) is 30.0 Å². The molecule has 1 atom stereocenters. The molecular weight excluding hydrogens is 266 g/mol. The van der Waals surface area contributed by atoms with Crippen LogP contribution in [0.1, 0.15) is 31.2 Å². The average Bonchev–Trinajstić information content (AvgIpc) is 2.49. The molecule has 0 aliphatic carbocycles. The average molecular weight is 289 g/mol. The second-order valence-corrected chi connectivity index (χ2v) is 6.07. The number of aryl methyl sites for hydroxylation is 1. The van der Waals surface area contributed by atoms with Crippen LogP contribution in [0.3, 0.4) is 0 Å². The third kappa shape index (κ3) is 2.80. The smallest absolute Gasteiger partial charge is 0.249 e. The maximum Gasteiger partial charge on any atom is 0.249 e. The van der Waals surface area contributed by atoms with Crippen molar-refractivity contribution in [1.82, 2.24) is 15.2 Å². The van der Waals surface area contributed by atoms with Crippen LogP contribution in [0, 0.1) is 6.92 Å². The Morgan fingerprint density at radius 1 is 1.43 bits per heavy atom. The van der Waals surface area contributed by atoms with E-state index in [0.29, 0.717) is 6.54 Å². The molecule has 0 saturated carbocycles. The molecule has 1 aromatic rings. The van der Waals surface area contributed by atoms with Gasteiger partial charge in [0.2, 0.25) is 5.91 Å². The van der Waals surface area contributed by atoms with E-state index in [2.05, 4.69) is 17.2 Å². The molecule has 1 aromatic heterocycles. The predicted octanol–water partition coefficient (Wildman–Crippen LogP) is 1.26. The second-order valence-electron chi connectivity index (χ2n) is 6.07. The number of aromatic nitrogens is 1. The van der Waals surface area contributed by atoms with E-state index >= 15 is 0 Å². The number of carbonyl (C=O) groups excluding carboxylic acids is 1. The van der Waals surface area contributed by atoms with E-state index in [4.69, 9.17) is 4.74 Å². The third-order valence-electron chi connectivity index (χ3n) is 4.76. The molecule has 2 aliphatic heterocycles. The highest BCUT2D eigenvalue weighted by Crippen LogP contribution is 2.34. The van der Waals surface area contributed by atoms with Crippen molar-refractivity contribution in [3.05, 3.63) is 29.6 Å². The number of nitrogens with one attached hydrogen (secondary N) is 1. The second kappa shape index (κ2) is 5.73. The van der Waals surface area contributed by atoms with Gasteiger partial charge in [-0.25, -0.2) is 0 Å². The van der Waals surface area contributed by atoms with Crippen LogP contribution in [0.15, 0.2) is 18.2 Å². The van der Waals surface area contributed by atoms with E-state index in [0.717, 1.165) is 37.3 Å². The lowest BCUT2D eigenvalue weighted by Crippen LogP contribution is -2.63. The van der Waals surface area contributed by atoms with Crippen molar-refractivity contribution in [3.8, 4) is 0 Å². The van der Waals surface area contributed by atoms with Crippen LogP contribution in [0.4, 0.5) is 0 Å². The van der Waals surface area contributed by atoms with E-state index in [1.165, 1.54) is 0 Å². The fourth-order valence-corrected chi connectivity index (χ4v) is 3.41. The minimum Gasteiger partial charge on any atom is -0.363 e. The normalized spacial score (nSPS) is 25.3. The number of hydrogen-bond acceptors (Lipinski definition) is 4. The molecular formula is C16H23N3O2. The SMILES string of the molecule is Cc1cccc(CN2C(=O)COC3(CCNCC3)[C@@H]2C)n1. The first-order valence-corrected chi connectivity index (χ1v) is 7.67. The number of ether oxygens (including phenoxy) is 1. The van der Waals surface area contributed by atoms with Crippen LogP contribution in [0.2, 0.25) is 0 Å². The van der Waals surface area contributed by atoms with Crippen molar-refractivity contribution in [3.63, 3.8) is 0 Å². The molecule has 1 amide bonds. The van der Waals surface area contributed by atoms with Crippen LogP contribution in [0.25, 0.3) is 0 Å². The van der Waals surface area contributed by atoms with Gasteiger partial charge in [0.05, 0.1) is 23.9 Å². The van der Waals surface area contributed by atoms with E-state index < -0.39 is 0 Å². The molecule has 2 saturated heterocycles. The third-order valence-corrected chi connectivity index (χ3v) is 4.76. The number of morpholine rings is 1. The van der Waals surface area contributed by atoms with Gasteiger partial charge in [0.1, 0.15) is 6.61 Å². The molecule has 0 bridgehead atoms. The minimum absolute atomic E-state index is 0.0648. The first kappa shape index (κ1) is 14.5. The van der Waals surface area contributed by atoms with Crippen molar-refractivity contribution in [2.24, 2.45) is 0 Å². The summed E-state index contributed by atoms with van der Waals surface area (Å²) in [5, 5.41) is 3.36. The quantitative estimate of drug-likeness (QED) is 0.890. The fourth-order valence-electron chi connectivity index (χ4n) is 3.41. The summed E-state index contributed by atoms with van der Waals surface area (Å²) in [6.07, 6.45) is 1.92. The lowest BCUT2D eigenvalue weighted by molar-refractivity contribution is -0.183. The van der Waals surface area contributed by atoms with E-state index in [1.54, 1.807) is 0 Å². The van der Waals surface area contributed by atoms with Crippen molar-refractivity contribution < 1.29 is 9.53 Å². The summed E-state index contributed by atoms with van der Waals surface area (Å²) in [6, 6.07) is 6.04. The summed E-state index contributed by atoms with van der Waals surface area (Å²) in [6.45, 7) is 6.75. The molecule has 3 rings (SSSR count). The highest BCUT2D eigenvalue weighted by atomic mass is 16.5. The Morgan fingerprint density at radius 2 is 2.19 bits per heavy atom. The highest BCUT2D eigenvalue weighted by Gasteiger charge is 2.46. The molecule has 0 aromatic carbocycles. The molecule has 5 nitrogen and oxygen atoms in total. The standard InChI is InChI=1S/C16H23N3O2/c1-12-4-3-5-14(18-12)10-19-13(2)16(21-11-15(19)20)6-8-17-9-7-16/h3-5,13,17H,6-11H2,1-2H3/t13-/m0/s1. The number of amides is 1. The van der Waals surface area contributed by atoms with Crippen LogP contribution in [-0.2, 0) is 16.1 Å². The summed E-state index contributed by atoms with van der Waals surface area (Å²) >= 11 is 0. The zero-order valence-electron chi connectivity index (χ0n) is 12.8. The van der Waals surface area contributed by atoms with Gasteiger partial charge < -0.3 is 15.0 Å². The van der Waals surface area contributed by atoms with Gasteiger partial charge >= 0.3 is 0 Å². The number of hydrogen-bond donors (Lipinski definition) is 1. The molecule has 5 heteroatoms. The molecule has 2 aliphatic rings. The Morgan fingerprint density at radius 3 is 2.90 bits per heavy atom. The summed E-state index contributed by atoms with van der Waals surface area (Å²) in [5.41, 5.74) is 1.74. The molecule has 1 spiro atoms. The van der Waals surface area contributed by atoms with Crippen LogP contribution in [-0.4, -0.2) is 47.1 Å². The Kier molecular flexibility index (Phi) is 3.95. The number of pyridine rings is 1. The number of rotatable bonds is 2. The van der Waals surface area contributed by atoms with Gasteiger partial charge in [-0.3, -0.25) is 9.78 Å². The van der Waals surface area contributed by atoms with Crippen molar-refractivity contribution in [2.75, 3.05) is 19.7 Å². The summed E-state index contributed by atoms with van der Waals surface area (Å²) in [4.78, 5) is 18.7. The van der Waals surface area contributed by atoms with Crippen LogP contribution in [0.5, 0.6) is 0 Å². The molecule has 21 heavy (non-hydrogen) atoms. The van der Waals surface area contributed by atoms with Gasteiger partial charge in [0.15, 0.2) is 0 Å². The van der Waals surface area contributed by atoms with E-state index in [-0.39, 0.29) is 24.2 Å². The minimum atomic E-state index is -0.191. The Labute approximate surface area is 125 Å². The number of piperidine rings is 1. The fraction of sp³-hybridized carbons (Fsp3) is 0.625. The first-order chi connectivity index (χ1) is 10.1. The highest BCUT2D eigenvalue weighted by molar-refractivity contribution is 5.78. The molecule has 0 unspecified atom stereocenters. The van der Waals surface area contributed by atoms with Crippen molar-refractivity contribution >= 4 is 5.91 Å². The summed E-state index contributed by atoms with van der Waals surface area (Å²) in [7, 11) is 0. The predicted molar refractivity (Wildman–Crippen MR) is 79.8 cm³/mol. The monoisotopic (exact) mass is 289 g/mol. The van der Waals surface area contributed by atoms with Crippen molar-refractivity contribution in [2.45, 2.75) is 44.9 Å². The number of nitrogens with zero attached hydrogens (tertiary/aromatic N) is 2. The maximum atomic E-state index is 12.3. The topological polar surface area (TPSA) is 54.5 Å². The summed E-state index contributed by atoms with van der Waals surface area (Å²) < 4.78 is 5.97. The van der Waals surface area contributed by atoms with Gasteiger partial charge in [0.25, 0.3) is 0 Å². The lowest BCUT2D eigenvalue weighted by atomic mass is 9.83. The Hall–Kier alpha value is -1.46. The van der Waals surface area contributed by atoms with Crippen molar-refractivity contribution in [1.29, 1.82) is 0 Å². The summed E-state index contributed by atoms with van der Waals surface area (Å²) in [5.74, 6) is 0.0648. The first-order valence-electron chi connectivity index (χ1n) is 7.67. The van der Waals surface area contributed by atoms with Gasteiger partial charge in [-0.1, -0.05) is 6.07 Å². The number of carbonyl (C=O) groups is 1. The van der Waals surface area contributed by atoms with Crippen LogP contribution < -0.4 is 5.32 Å². The zero-order chi connectivity index (χ0) is 14.9. The zero-order valence-corrected chi connectivity index (χ0v) is 12.8. The van der Waals surface area contributed by atoms with Gasteiger partial charge in [0, 0.05) is 5.69 Å². The van der Waals surface area contributed by atoms with E-state index in [9.17, 15) is 4.79 Å². The molecule has 1 N–H and O–H groups in total. The van der Waals surface area contributed by atoms with Crippen LogP contribution >= 0.6 is 0 Å². The van der Waals surface area contributed by atoms with Gasteiger partial charge in [-0.2, -0.15) is 0 Å². The molecule has 2 fully saturated rings. The Bertz CT molecular complexity index is 526. The lowest BCUT2D eigenvalue weighted by Gasteiger charge is -2.50. The Balaban J connectivity index is 1.80.